The summed E-state index contributed by atoms with van der Waals surface area (Å²) in [6.07, 6.45) is 3.99. The molecule has 28 heavy (non-hydrogen) atoms. The molecular weight excluding hydrogens is 374 g/mol. The lowest BCUT2D eigenvalue weighted by Crippen LogP contribution is -2.60. The van der Waals surface area contributed by atoms with Gasteiger partial charge in [-0.3, -0.25) is 9.69 Å². The summed E-state index contributed by atoms with van der Waals surface area (Å²) in [6.45, 7) is 6.06. The summed E-state index contributed by atoms with van der Waals surface area (Å²) >= 11 is 0. The van der Waals surface area contributed by atoms with Crippen LogP contribution in [-0.2, 0) is 16.9 Å². The zero-order chi connectivity index (χ0) is 20.1. The summed E-state index contributed by atoms with van der Waals surface area (Å²) < 4.78 is 26.8. The van der Waals surface area contributed by atoms with Crippen molar-refractivity contribution in [3.05, 3.63) is 47.7 Å². The maximum absolute atomic E-state index is 13.4. The number of fused-ring (bicyclic) bond motifs is 2. The number of carbonyl (C=O) groups is 1. The lowest BCUT2D eigenvalue weighted by atomic mass is 10.0. The first-order valence-electron chi connectivity index (χ1n) is 9.70. The topological polar surface area (TPSA) is 62.6 Å². The maximum atomic E-state index is 13.4. The third-order valence-electron chi connectivity index (χ3n) is 5.91. The highest BCUT2D eigenvalue weighted by Crippen LogP contribution is 2.30. The van der Waals surface area contributed by atoms with E-state index < -0.39 is 9.84 Å². The molecular formula is C21H27N3O3S. The van der Waals surface area contributed by atoms with Gasteiger partial charge in [-0.1, -0.05) is 29.8 Å². The first-order chi connectivity index (χ1) is 13.3. The predicted molar refractivity (Wildman–Crippen MR) is 111 cm³/mol. The largest absolute Gasteiger partial charge is 0.350 e. The zero-order valence-corrected chi connectivity index (χ0v) is 17.4. The molecule has 4 rings (SSSR count). The van der Waals surface area contributed by atoms with Crippen molar-refractivity contribution in [1.82, 2.24) is 14.4 Å². The van der Waals surface area contributed by atoms with E-state index in [2.05, 4.69) is 11.0 Å². The summed E-state index contributed by atoms with van der Waals surface area (Å²) in [7, 11) is -1.22. The van der Waals surface area contributed by atoms with Crippen molar-refractivity contribution in [2.24, 2.45) is 7.05 Å². The molecule has 0 spiro atoms. The van der Waals surface area contributed by atoms with Crippen LogP contribution in [0.1, 0.15) is 24.2 Å². The van der Waals surface area contributed by atoms with Gasteiger partial charge in [-0.2, -0.15) is 0 Å². The molecule has 0 aliphatic carbocycles. The zero-order valence-electron chi connectivity index (χ0n) is 16.6. The molecule has 2 aliphatic heterocycles. The van der Waals surface area contributed by atoms with Crippen LogP contribution < -0.4 is 0 Å². The van der Waals surface area contributed by atoms with Gasteiger partial charge in [-0.25, -0.2) is 8.42 Å². The number of sulfone groups is 1. The number of allylic oxidation sites excluding steroid dienone is 1. The molecule has 0 N–H and O–H groups in total. The third kappa shape index (κ3) is 3.37. The first kappa shape index (κ1) is 19.2. The number of piperazine rings is 1. The summed E-state index contributed by atoms with van der Waals surface area (Å²) in [5.74, 6) is 0.123. The normalized spacial score (nSPS) is 24.3. The number of hydrogen-bond donors (Lipinski definition) is 0. The minimum atomic E-state index is -3.15. The van der Waals surface area contributed by atoms with Crippen molar-refractivity contribution in [3.63, 3.8) is 0 Å². The quantitative estimate of drug-likeness (QED) is 0.739. The fraction of sp³-hybridized carbons (Fsp3) is 0.476. The van der Waals surface area contributed by atoms with Gasteiger partial charge in [0.15, 0.2) is 9.84 Å². The number of nitrogens with zero attached hydrogens (tertiary/aromatic N) is 3. The van der Waals surface area contributed by atoms with E-state index in [1.807, 2.05) is 55.9 Å². The molecule has 7 heteroatoms. The van der Waals surface area contributed by atoms with Crippen molar-refractivity contribution < 1.29 is 13.2 Å². The molecule has 0 radical (unpaired) electrons. The summed E-state index contributed by atoms with van der Waals surface area (Å²) in [5, 5.41) is 0.916. The van der Waals surface area contributed by atoms with Crippen LogP contribution in [-0.4, -0.2) is 71.9 Å². The minimum Gasteiger partial charge on any atom is -0.350 e. The van der Waals surface area contributed by atoms with Crippen molar-refractivity contribution >= 4 is 26.6 Å². The van der Waals surface area contributed by atoms with Gasteiger partial charge in [0.1, 0.15) is 0 Å². The molecule has 0 saturated carbocycles. The standard InChI is InChI=1S/C21H27N3O3S/c1-15(2)8-9-23-10-11-24(20-14-28(26,27)13-19(20)23)21(25)17-12-22(3)18-7-5-4-6-16(17)18/h4-8,12,19-20H,9-11,13-14H2,1-3H3/t19-,20+/m1/s1. The Morgan fingerprint density at radius 1 is 1.14 bits per heavy atom. The van der Waals surface area contributed by atoms with Crippen LogP contribution in [0.25, 0.3) is 10.9 Å². The van der Waals surface area contributed by atoms with Gasteiger partial charge < -0.3 is 9.47 Å². The highest BCUT2D eigenvalue weighted by Gasteiger charge is 2.48. The molecule has 2 aromatic rings. The van der Waals surface area contributed by atoms with Gasteiger partial charge in [0, 0.05) is 49.8 Å². The summed E-state index contributed by atoms with van der Waals surface area (Å²) in [4.78, 5) is 17.5. The van der Waals surface area contributed by atoms with Crippen LogP contribution in [0.2, 0.25) is 0 Å². The first-order valence-corrected chi connectivity index (χ1v) is 11.5. The van der Waals surface area contributed by atoms with E-state index in [0.717, 1.165) is 17.4 Å². The minimum absolute atomic E-state index is 0.0551. The SMILES string of the molecule is CC(C)=CCN1CCN(C(=O)c2cn(C)c3ccccc23)[C@H]2CS(=O)(=O)C[C@H]21. The maximum Gasteiger partial charge on any atom is 0.256 e. The van der Waals surface area contributed by atoms with Crippen LogP contribution in [0.5, 0.6) is 0 Å². The van der Waals surface area contributed by atoms with Crippen molar-refractivity contribution in [1.29, 1.82) is 0 Å². The number of aromatic nitrogens is 1. The fourth-order valence-corrected chi connectivity index (χ4v) is 6.48. The van der Waals surface area contributed by atoms with Gasteiger partial charge in [-0.15, -0.1) is 0 Å². The monoisotopic (exact) mass is 401 g/mol. The molecule has 150 valence electrons. The smallest absolute Gasteiger partial charge is 0.256 e. The number of para-hydroxylation sites is 1. The molecule has 2 fully saturated rings. The van der Waals surface area contributed by atoms with E-state index >= 15 is 0 Å². The summed E-state index contributed by atoms with van der Waals surface area (Å²) in [5.41, 5.74) is 2.87. The van der Waals surface area contributed by atoms with Gasteiger partial charge in [0.25, 0.3) is 5.91 Å². The molecule has 0 bridgehead atoms. The lowest BCUT2D eigenvalue weighted by molar-refractivity contribution is 0.0369. The predicted octanol–water partition coefficient (Wildman–Crippen LogP) is 2.07. The van der Waals surface area contributed by atoms with E-state index in [1.54, 1.807) is 4.90 Å². The van der Waals surface area contributed by atoms with E-state index in [-0.39, 0.29) is 29.5 Å². The van der Waals surface area contributed by atoms with Crippen molar-refractivity contribution in [2.45, 2.75) is 25.9 Å². The molecule has 2 aliphatic rings. The van der Waals surface area contributed by atoms with Crippen LogP contribution in [0.3, 0.4) is 0 Å². The van der Waals surface area contributed by atoms with E-state index in [1.165, 1.54) is 5.57 Å². The Balaban J connectivity index is 1.66. The average molecular weight is 402 g/mol. The van der Waals surface area contributed by atoms with Gasteiger partial charge in [-0.05, 0) is 19.9 Å². The van der Waals surface area contributed by atoms with E-state index in [9.17, 15) is 13.2 Å². The molecule has 1 aromatic carbocycles. The van der Waals surface area contributed by atoms with Crippen LogP contribution >= 0.6 is 0 Å². The second-order valence-corrected chi connectivity index (χ2v) is 10.3. The number of rotatable bonds is 3. The molecule has 2 saturated heterocycles. The molecule has 2 atom stereocenters. The molecule has 6 nitrogen and oxygen atoms in total. The second kappa shape index (κ2) is 7.04. The Morgan fingerprint density at radius 3 is 2.61 bits per heavy atom. The second-order valence-electron chi connectivity index (χ2n) is 8.16. The third-order valence-corrected chi connectivity index (χ3v) is 7.61. The Labute approximate surface area is 166 Å². The molecule has 0 unspecified atom stereocenters. The van der Waals surface area contributed by atoms with E-state index in [0.29, 0.717) is 18.7 Å². The Bertz CT molecular complexity index is 1050. The van der Waals surface area contributed by atoms with Gasteiger partial charge in [0.05, 0.1) is 23.1 Å². The van der Waals surface area contributed by atoms with E-state index in [4.69, 9.17) is 0 Å². The fourth-order valence-electron chi connectivity index (χ4n) is 4.47. The average Bonchev–Trinajstić information content (AvgIpc) is 3.15. The number of hydrogen-bond acceptors (Lipinski definition) is 4. The Hall–Kier alpha value is -2.12. The molecule has 1 amide bonds. The Kier molecular flexibility index (Phi) is 4.83. The Morgan fingerprint density at radius 2 is 1.86 bits per heavy atom. The summed E-state index contributed by atoms with van der Waals surface area (Å²) in [6, 6.07) is 7.42. The molecule has 3 heterocycles. The lowest BCUT2D eigenvalue weighted by Gasteiger charge is -2.43. The van der Waals surface area contributed by atoms with Gasteiger partial charge >= 0.3 is 0 Å². The van der Waals surface area contributed by atoms with Crippen LogP contribution in [0, 0.1) is 0 Å². The number of amides is 1. The number of aryl methyl sites for hydroxylation is 1. The number of benzene rings is 1. The molecule has 1 aromatic heterocycles. The highest BCUT2D eigenvalue weighted by atomic mass is 32.2. The van der Waals surface area contributed by atoms with Gasteiger partial charge in [0.2, 0.25) is 0 Å². The highest BCUT2D eigenvalue weighted by molar-refractivity contribution is 7.91. The van der Waals surface area contributed by atoms with Crippen molar-refractivity contribution in [3.8, 4) is 0 Å². The van der Waals surface area contributed by atoms with Crippen molar-refractivity contribution in [2.75, 3.05) is 31.1 Å². The van der Waals surface area contributed by atoms with Crippen LogP contribution in [0.4, 0.5) is 0 Å². The number of carbonyl (C=O) groups excluding carboxylic acids is 1. The van der Waals surface area contributed by atoms with Crippen LogP contribution in [0.15, 0.2) is 42.1 Å².